The SMILES string of the molecule is C[C@@H](c1c[nH]c2ccccc12)[C@@H](NS(=O)(=O)c1ccc(-c2ccccc2)s1)C(=O)O. The maximum Gasteiger partial charge on any atom is 0.322 e. The highest BCUT2D eigenvalue weighted by atomic mass is 32.2. The normalized spacial score (nSPS) is 13.9. The van der Waals surface area contributed by atoms with Crippen LogP contribution in [0.3, 0.4) is 0 Å². The zero-order chi connectivity index (χ0) is 21.3. The largest absolute Gasteiger partial charge is 0.480 e. The van der Waals surface area contributed by atoms with Crippen molar-refractivity contribution >= 4 is 38.2 Å². The Labute approximate surface area is 178 Å². The van der Waals surface area contributed by atoms with Gasteiger partial charge in [0.05, 0.1) is 0 Å². The molecule has 0 amide bonds. The van der Waals surface area contributed by atoms with Crippen LogP contribution in [0.1, 0.15) is 18.4 Å². The monoisotopic (exact) mass is 440 g/mol. The number of nitrogens with one attached hydrogen (secondary N) is 2. The van der Waals surface area contributed by atoms with Crippen molar-refractivity contribution in [2.24, 2.45) is 0 Å². The summed E-state index contributed by atoms with van der Waals surface area (Å²) < 4.78 is 28.4. The zero-order valence-corrected chi connectivity index (χ0v) is 17.7. The Balaban J connectivity index is 1.63. The second-order valence-corrected chi connectivity index (χ2v) is 10.0. The van der Waals surface area contributed by atoms with Gasteiger partial charge in [-0.3, -0.25) is 4.79 Å². The van der Waals surface area contributed by atoms with E-state index in [4.69, 9.17) is 0 Å². The first-order valence-electron chi connectivity index (χ1n) is 9.33. The van der Waals surface area contributed by atoms with Crippen molar-refractivity contribution in [3.05, 3.63) is 78.5 Å². The van der Waals surface area contributed by atoms with Crippen molar-refractivity contribution in [1.82, 2.24) is 9.71 Å². The number of H-pyrrole nitrogens is 1. The summed E-state index contributed by atoms with van der Waals surface area (Å²) in [6.07, 6.45) is 1.73. The molecule has 0 aliphatic carbocycles. The fourth-order valence-electron chi connectivity index (χ4n) is 3.46. The van der Waals surface area contributed by atoms with Gasteiger partial charge in [0.15, 0.2) is 0 Å². The lowest BCUT2D eigenvalue weighted by Gasteiger charge is -2.21. The minimum atomic E-state index is -4.00. The van der Waals surface area contributed by atoms with Crippen molar-refractivity contribution in [3.8, 4) is 10.4 Å². The van der Waals surface area contributed by atoms with Gasteiger partial charge in [0, 0.05) is 27.9 Å². The number of hydrogen-bond donors (Lipinski definition) is 3. The topological polar surface area (TPSA) is 99.3 Å². The summed E-state index contributed by atoms with van der Waals surface area (Å²) in [5.74, 6) is -1.81. The molecule has 3 N–H and O–H groups in total. The second-order valence-electron chi connectivity index (χ2n) is 7.00. The van der Waals surface area contributed by atoms with Gasteiger partial charge in [0.2, 0.25) is 0 Å². The molecule has 0 unspecified atom stereocenters. The van der Waals surface area contributed by atoms with Crippen LogP contribution in [0.2, 0.25) is 0 Å². The van der Waals surface area contributed by atoms with Crippen LogP contribution in [-0.2, 0) is 14.8 Å². The first-order chi connectivity index (χ1) is 14.4. The third-order valence-electron chi connectivity index (χ3n) is 5.06. The molecule has 0 aliphatic heterocycles. The van der Waals surface area contributed by atoms with E-state index < -0.39 is 28.0 Å². The maximum atomic E-state index is 13.0. The van der Waals surface area contributed by atoms with Gasteiger partial charge < -0.3 is 10.1 Å². The smallest absolute Gasteiger partial charge is 0.322 e. The average molecular weight is 441 g/mol. The quantitative estimate of drug-likeness (QED) is 0.396. The number of aromatic amines is 1. The highest BCUT2D eigenvalue weighted by Gasteiger charge is 2.33. The molecule has 0 radical (unpaired) electrons. The van der Waals surface area contributed by atoms with Crippen LogP contribution in [0, 0.1) is 0 Å². The van der Waals surface area contributed by atoms with Crippen molar-refractivity contribution in [1.29, 1.82) is 0 Å². The minimum absolute atomic E-state index is 0.0822. The third-order valence-corrected chi connectivity index (χ3v) is 8.13. The van der Waals surface area contributed by atoms with E-state index in [0.29, 0.717) is 0 Å². The highest BCUT2D eigenvalue weighted by molar-refractivity contribution is 7.91. The number of thiophene rings is 1. The van der Waals surface area contributed by atoms with Crippen molar-refractivity contribution in [2.75, 3.05) is 0 Å². The lowest BCUT2D eigenvalue weighted by Crippen LogP contribution is -2.43. The predicted molar refractivity (Wildman–Crippen MR) is 118 cm³/mol. The summed E-state index contributed by atoms with van der Waals surface area (Å²) in [7, 11) is -4.00. The first-order valence-corrected chi connectivity index (χ1v) is 11.6. The van der Waals surface area contributed by atoms with Crippen molar-refractivity contribution in [3.63, 3.8) is 0 Å². The van der Waals surface area contributed by atoms with Gasteiger partial charge >= 0.3 is 5.97 Å². The number of aromatic nitrogens is 1. The molecular weight excluding hydrogens is 420 g/mol. The molecule has 2 aromatic heterocycles. The van der Waals surface area contributed by atoms with E-state index in [2.05, 4.69) is 9.71 Å². The van der Waals surface area contributed by atoms with Crippen LogP contribution in [0.15, 0.2) is 77.1 Å². The van der Waals surface area contributed by atoms with Gasteiger partial charge in [-0.05, 0) is 29.3 Å². The number of carboxylic acid groups (broad SMARTS) is 1. The Morgan fingerprint density at radius 3 is 2.47 bits per heavy atom. The molecule has 2 heterocycles. The summed E-state index contributed by atoms with van der Waals surface area (Å²) in [5, 5.41) is 10.6. The van der Waals surface area contributed by atoms with Crippen LogP contribution in [0.4, 0.5) is 0 Å². The van der Waals surface area contributed by atoms with Gasteiger partial charge in [-0.25, -0.2) is 8.42 Å². The Hall–Kier alpha value is -2.94. The maximum absolute atomic E-state index is 13.0. The highest BCUT2D eigenvalue weighted by Crippen LogP contribution is 2.32. The summed E-state index contributed by atoms with van der Waals surface area (Å²) in [5.41, 5.74) is 2.53. The standard InChI is InChI=1S/C22H20N2O4S2/c1-14(17-13-23-18-10-6-5-9-16(17)18)21(22(25)26)24-30(27,28)20-12-11-19(29-20)15-7-3-2-4-8-15/h2-14,21,23-24H,1H3,(H,25,26)/t14-,21+/m0/s1. The Morgan fingerprint density at radius 1 is 1.03 bits per heavy atom. The lowest BCUT2D eigenvalue weighted by molar-refractivity contribution is -0.139. The van der Waals surface area contributed by atoms with Gasteiger partial charge in [0.1, 0.15) is 10.3 Å². The predicted octanol–water partition coefficient (Wildman–Crippen LogP) is 4.43. The third kappa shape index (κ3) is 3.89. The van der Waals surface area contributed by atoms with Crippen LogP contribution in [0.25, 0.3) is 21.3 Å². The molecule has 2 aromatic carbocycles. The molecule has 154 valence electrons. The van der Waals surface area contributed by atoms with Crippen LogP contribution >= 0.6 is 11.3 Å². The average Bonchev–Trinajstić information content (AvgIpc) is 3.40. The minimum Gasteiger partial charge on any atom is -0.480 e. The number of para-hydroxylation sites is 1. The number of benzene rings is 2. The summed E-state index contributed by atoms with van der Waals surface area (Å²) in [6, 6.07) is 18.9. The first kappa shape index (κ1) is 20.3. The molecule has 8 heteroatoms. The number of rotatable bonds is 7. The van der Waals surface area contributed by atoms with E-state index in [1.165, 1.54) is 6.07 Å². The molecule has 0 fully saturated rings. The van der Waals surface area contributed by atoms with Gasteiger partial charge in [0.25, 0.3) is 10.0 Å². The van der Waals surface area contributed by atoms with Crippen LogP contribution in [0.5, 0.6) is 0 Å². The summed E-state index contributed by atoms with van der Waals surface area (Å²) in [4.78, 5) is 15.9. The number of sulfonamides is 1. The van der Waals surface area contributed by atoms with Crippen LogP contribution < -0.4 is 4.72 Å². The van der Waals surface area contributed by atoms with E-state index in [1.54, 1.807) is 19.2 Å². The molecule has 0 spiro atoms. The van der Waals surface area contributed by atoms with E-state index >= 15 is 0 Å². The van der Waals surface area contributed by atoms with Gasteiger partial charge in [-0.2, -0.15) is 4.72 Å². The molecule has 0 saturated carbocycles. The van der Waals surface area contributed by atoms with E-state index in [-0.39, 0.29) is 4.21 Å². The number of fused-ring (bicyclic) bond motifs is 1. The summed E-state index contributed by atoms with van der Waals surface area (Å²) in [6.45, 7) is 1.71. The molecular formula is C22H20N2O4S2. The second kappa shape index (κ2) is 8.06. The van der Waals surface area contributed by atoms with Crippen molar-refractivity contribution in [2.45, 2.75) is 23.1 Å². The van der Waals surface area contributed by atoms with Crippen LogP contribution in [-0.4, -0.2) is 30.5 Å². The van der Waals surface area contributed by atoms with E-state index in [9.17, 15) is 18.3 Å². The van der Waals surface area contributed by atoms with Gasteiger partial charge in [-0.15, -0.1) is 11.3 Å². The lowest BCUT2D eigenvalue weighted by atomic mass is 9.93. The number of carboxylic acids is 1. The molecule has 2 atom stereocenters. The molecule has 4 rings (SSSR count). The molecule has 6 nitrogen and oxygen atoms in total. The summed E-state index contributed by atoms with van der Waals surface area (Å²) >= 11 is 1.11. The van der Waals surface area contributed by atoms with E-state index in [1.807, 2.05) is 54.6 Å². The van der Waals surface area contributed by atoms with Gasteiger partial charge in [-0.1, -0.05) is 55.5 Å². The fourth-order valence-corrected chi connectivity index (χ4v) is 6.06. The molecule has 4 aromatic rings. The fraction of sp³-hybridized carbons (Fsp3) is 0.136. The molecule has 0 aliphatic rings. The number of hydrogen-bond acceptors (Lipinski definition) is 4. The Morgan fingerprint density at radius 2 is 1.73 bits per heavy atom. The number of aliphatic carboxylic acids is 1. The molecule has 0 saturated heterocycles. The van der Waals surface area contributed by atoms with E-state index in [0.717, 1.165) is 38.2 Å². The molecule has 0 bridgehead atoms. The zero-order valence-electron chi connectivity index (χ0n) is 16.1. The molecule has 30 heavy (non-hydrogen) atoms. The number of carbonyl (C=O) groups is 1. The Bertz CT molecular complexity index is 1290. The van der Waals surface area contributed by atoms with Crippen molar-refractivity contribution < 1.29 is 18.3 Å². The Kier molecular flexibility index (Phi) is 5.46.